The Labute approximate surface area is 351 Å². The van der Waals surface area contributed by atoms with E-state index in [4.69, 9.17) is 47.4 Å². The van der Waals surface area contributed by atoms with Gasteiger partial charge in [0, 0.05) is 19.4 Å². The maximum absolute atomic E-state index is 13.2. The van der Waals surface area contributed by atoms with Gasteiger partial charge in [0.05, 0.1) is 123 Å². The molecule has 1 fully saturated rings. The highest BCUT2D eigenvalue weighted by Gasteiger charge is 2.45. The molecule has 60 heavy (non-hydrogen) atoms. The third-order valence-corrected chi connectivity index (χ3v) is 8.55. The summed E-state index contributed by atoms with van der Waals surface area (Å²) in [6.45, 7) is 12.7. The van der Waals surface area contributed by atoms with E-state index in [9.17, 15) is 28.8 Å². The van der Waals surface area contributed by atoms with Gasteiger partial charge in [-0.2, -0.15) is 0 Å². The van der Waals surface area contributed by atoms with E-state index in [0.717, 1.165) is 17.7 Å². The van der Waals surface area contributed by atoms with Crippen LogP contribution in [0.25, 0.3) is 0 Å². The number of carbonyl (C=O) groups excluding carboxylic acids is 6. The van der Waals surface area contributed by atoms with Gasteiger partial charge in [-0.05, 0) is 52.2 Å². The molecule has 0 spiro atoms. The lowest BCUT2D eigenvalue weighted by Crippen LogP contribution is -2.54. The molecule has 0 bridgehead atoms. The van der Waals surface area contributed by atoms with Gasteiger partial charge in [0.15, 0.2) is 0 Å². The number of nitrogens with one attached hydrogen (secondary N) is 2. The van der Waals surface area contributed by atoms with Gasteiger partial charge in [0.2, 0.25) is 17.7 Å². The minimum Gasteiger partial charge on any atom is -0.458 e. The number of unbranched alkanes of at least 4 members (excludes halogenated alkanes) is 2. The van der Waals surface area contributed by atoms with E-state index in [2.05, 4.69) is 10.6 Å². The van der Waals surface area contributed by atoms with E-state index in [1.807, 2.05) is 0 Å². The molecule has 3 rings (SSSR count). The molecular formula is C41H63N3O16. The molecule has 1 aromatic carbocycles. The van der Waals surface area contributed by atoms with E-state index in [1.54, 1.807) is 32.9 Å². The van der Waals surface area contributed by atoms with Crippen molar-refractivity contribution in [1.82, 2.24) is 10.2 Å². The quantitative estimate of drug-likeness (QED) is 0.0576. The van der Waals surface area contributed by atoms with Crippen LogP contribution in [0.5, 0.6) is 0 Å². The summed E-state index contributed by atoms with van der Waals surface area (Å²) < 4.78 is 54.2. The zero-order valence-corrected chi connectivity index (χ0v) is 35.3. The van der Waals surface area contributed by atoms with E-state index in [1.165, 1.54) is 6.07 Å². The van der Waals surface area contributed by atoms with Gasteiger partial charge in [-0.15, -0.1) is 0 Å². The second-order valence-electron chi connectivity index (χ2n) is 14.6. The molecule has 5 amide bonds. The van der Waals surface area contributed by atoms with Crippen LogP contribution in [-0.4, -0.2) is 171 Å². The van der Waals surface area contributed by atoms with Crippen LogP contribution in [0.2, 0.25) is 0 Å². The predicted octanol–water partition coefficient (Wildman–Crippen LogP) is 2.08. The van der Waals surface area contributed by atoms with E-state index in [0.29, 0.717) is 119 Å². The normalized spacial score (nSPS) is 15.4. The Morgan fingerprint density at radius 1 is 0.650 bits per heavy atom. The van der Waals surface area contributed by atoms with Crippen LogP contribution in [0.3, 0.4) is 0 Å². The molecule has 19 nitrogen and oxygen atoms in total. The zero-order valence-electron chi connectivity index (χ0n) is 35.3. The van der Waals surface area contributed by atoms with Gasteiger partial charge < -0.3 is 52.7 Å². The Balaban J connectivity index is 1.01. The lowest BCUT2D eigenvalue weighted by molar-refractivity contribution is -0.160. The van der Waals surface area contributed by atoms with Crippen molar-refractivity contribution in [2.24, 2.45) is 0 Å². The molecule has 1 unspecified atom stereocenters. The Hall–Kier alpha value is -3.92. The minimum absolute atomic E-state index is 0.0252. The molecule has 19 heteroatoms. The third kappa shape index (κ3) is 20.6. The topological polar surface area (TPSA) is 222 Å². The summed E-state index contributed by atoms with van der Waals surface area (Å²) in [5.74, 6) is -3.13. The first-order chi connectivity index (χ1) is 29.0. The molecular weight excluding hydrogens is 790 g/mol. The first-order valence-corrected chi connectivity index (χ1v) is 20.5. The lowest BCUT2D eigenvalue weighted by Gasteiger charge is -2.27. The molecule has 2 heterocycles. The third-order valence-electron chi connectivity index (χ3n) is 8.55. The summed E-state index contributed by atoms with van der Waals surface area (Å²) in [7, 11) is 0. The number of piperidine rings is 1. The molecule has 2 aliphatic heterocycles. The van der Waals surface area contributed by atoms with Crippen LogP contribution in [-0.2, 0) is 66.5 Å². The first kappa shape index (κ1) is 50.4. The summed E-state index contributed by atoms with van der Waals surface area (Å²) in [5.41, 5.74) is -0.156. The molecule has 0 saturated carbocycles. The molecule has 1 aromatic rings. The fourth-order valence-electron chi connectivity index (χ4n) is 5.78. The number of imide groups is 2. The maximum atomic E-state index is 13.2. The first-order valence-electron chi connectivity index (χ1n) is 20.5. The molecule has 0 aromatic heterocycles. The number of esters is 1. The molecule has 0 aliphatic carbocycles. The molecule has 2 aliphatic rings. The van der Waals surface area contributed by atoms with E-state index >= 15 is 0 Å². The Morgan fingerprint density at radius 2 is 1.13 bits per heavy atom. The molecule has 1 atom stereocenters. The maximum Gasteiger partial charge on any atom is 0.332 e. The van der Waals surface area contributed by atoms with Gasteiger partial charge in [-0.25, -0.2) is 4.79 Å². The smallest absolute Gasteiger partial charge is 0.332 e. The van der Waals surface area contributed by atoms with Crippen LogP contribution in [0.1, 0.15) is 80.0 Å². The molecule has 0 radical (unpaired) electrons. The second-order valence-corrected chi connectivity index (χ2v) is 14.6. The summed E-state index contributed by atoms with van der Waals surface area (Å²) in [4.78, 5) is 75.1. The summed E-state index contributed by atoms with van der Waals surface area (Å²) >= 11 is 0. The number of carbonyl (C=O) groups is 6. The highest BCUT2D eigenvalue weighted by atomic mass is 16.6. The van der Waals surface area contributed by atoms with Gasteiger partial charge in [-0.1, -0.05) is 12.5 Å². The van der Waals surface area contributed by atoms with Crippen molar-refractivity contribution in [3.05, 3.63) is 29.3 Å². The number of amides is 5. The van der Waals surface area contributed by atoms with Crippen molar-refractivity contribution < 1.29 is 76.1 Å². The number of hydrogen-bond acceptors (Lipinski definition) is 16. The highest BCUT2D eigenvalue weighted by molar-refractivity contribution is 6.26. The average Bonchev–Trinajstić information content (AvgIpc) is 3.45. The van der Waals surface area contributed by atoms with E-state index < -0.39 is 41.2 Å². The average molecular weight is 854 g/mol. The second kappa shape index (κ2) is 29.4. The van der Waals surface area contributed by atoms with Crippen molar-refractivity contribution in [2.45, 2.75) is 70.9 Å². The zero-order chi connectivity index (χ0) is 43.4. The van der Waals surface area contributed by atoms with Crippen molar-refractivity contribution in [1.29, 1.82) is 0 Å². The number of fused-ring (bicyclic) bond motifs is 1. The van der Waals surface area contributed by atoms with E-state index in [-0.39, 0.29) is 48.6 Å². The molecule has 1 saturated heterocycles. The van der Waals surface area contributed by atoms with Crippen molar-refractivity contribution >= 4 is 41.2 Å². The Bertz CT molecular complexity index is 1490. The van der Waals surface area contributed by atoms with Crippen LogP contribution < -0.4 is 10.6 Å². The summed E-state index contributed by atoms with van der Waals surface area (Å²) in [6.07, 6.45) is 2.42. The van der Waals surface area contributed by atoms with Gasteiger partial charge >= 0.3 is 5.97 Å². The largest absolute Gasteiger partial charge is 0.458 e. The standard InChI is InChI=1S/C41H63N3O16/c1-41(2,3)60-36(47)30-59-29-28-58-27-26-57-25-24-56-23-22-55-21-20-54-19-18-53-17-16-52-15-14-51-13-6-4-5-10-34(45)42-32-9-7-8-31-37(32)40(50)44(39(31)49)33-11-12-35(46)43-38(33)48/h7-9,33H,4-6,10-30H2,1-3H3,(H,42,45)(H,43,46,48). The number of anilines is 1. The van der Waals surface area contributed by atoms with Crippen molar-refractivity contribution in [3.8, 4) is 0 Å². The van der Waals surface area contributed by atoms with Crippen molar-refractivity contribution in [3.63, 3.8) is 0 Å². The van der Waals surface area contributed by atoms with Crippen molar-refractivity contribution in [2.75, 3.05) is 124 Å². The lowest BCUT2D eigenvalue weighted by atomic mass is 10.0. The number of rotatable bonds is 34. The Morgan fingerprint density at radius 3 is 1.62 bits per heavy atom. The number of ether oxygens (including phenoxy) is 10. The Kier molecular flexibility index (Phi) is 24.7. The van der Waals surface area contributed by atoms with Crippen LogP contribution in [0, 0.1) is 0 Å². The summed E-state index contributed by atoms with van der Waals surface area (Å²) in [6, 6.07) is 3.52. The molecule has 338 valence electrons. The van der Waals surface area contributed by atoms with Crippen LogP contribution in [0.15, 0.2) is 18.2 Å². The van der Waals surface area contributed by atoms with Crippen LogP contribution >= 0.6 is 0 Å². The highest BCUT2D eigenvalue weighted by Crippen LogP contribution is 2.32. The molecule has 2 N–H and O–H groups in total. The predicted molar refractivity (Wildman–Crippen MR) is 213 cm³/mol. The fourth-order valence-corrected chi connectivity index (χ4v) is 5.78. The minimum atomic E-state index is -1.08. The monoisotopic (exact) mass is 853 g/mol. The number of hydrogen-bond donors (Lipinski definition) is 2. The van der Waals surface area contributed by atoms with Gasteiger partial charge in [0.25, 0.3) is 11.8 Å². The van der Waals surface area contributed by atoms with Gasteiger partial charge in [-0.3, -0.25) is 34.2 Å². The fraction of sp³-hybridized carbons (Fsp3) is 0.707. The summed E-state index contributed by atoms with van der Waals surface area (Å²) in [5, 5.41) is 4.90. The number of benzene rings is 1. The SMILES string of the molecule is CC(C)(C)OC(=O)COCCOCCOCCOCCOCCOCCOCCOCCOCCCCCC(=O)Nc1cccc2c1C(=O)N(C1CCC(=O)NC1=O)C2=O. The van der Waals surface area contributed by atoms with Gasteiger partial charge in [0.1, 0.15) is 18.2 Å². The van der Waals surface area contributed by atoms with Crippen LogP contribution in [0.4, 0.5) is 5.69 Å². The number of nitrogens with zero attached hydrogens (tertiary/aromatic N) is 1.